The largest absolute Gasteiger partial charge is 0.423 e. The predicted molar refractivity (Wildman–Crippen MR) is 136 cm³/mol. The van der Waals surface area contributed by atoms with E-state index >= 15 is 0 Å². The van der Waals surface area contributed by atoms with Crippen LogP contribution in [0.5, 0.6) is 11.5 Å². The Morgan fingerprint density at radius 1 is 0.615 bits per heavy atom. The Morgan fingerprint density at radius 3 is 1.54 bits per heavy atom. The summed E-state index contributed by atoms with van der Waals surface area (Å²) < 4.78 is 10.9. The Hall–Kier alpha value is -5.12. The van der Waals surface area contributed by atoms with Crippen LogP contribution in [0, 0.1) is 6.92 Å². The number of amides is 4. The number of imide groups is 2. The molecular formula is C29H22N2O8. The summed E-state index contributed by atoms with van der Waals surface area (Å²) in [4.78, 5) is 77.1. The zero-order chi connectivity index (χ0) is 28.0. The highest BCUT2D eigenvalue weighted by molar-refractivity contribution is 6.22. The van der Waals surface area contributed by atoms with Crippen molar-refractivity contribution in [3.63, 3.8) is 0 Å². The molecule has 0 spiro atoms. The summed E-state index contributed by atoms with van der Waals surface area (Å²) in [5.41, 5.74) is 1.48. The molecule has 3 aromatic rings. The third-order valence-electron chi connectivity index (χ3n) is 6.60. The van der Waals surface area contributed by atoms with E-state index in [1.165, 1.54) is 54.6 Å². The van der Waals surface area contributed by atoms with Crippen molar-refractivity contribution in [1.82, 2.24) is 9.80 Å². The summed E-state index contributed by atoms with van der Waals surface area (Å²) >= 11 is 0. The van der Waals surface area contributed by atoms with Gasteiger partial charge in [-0.2, -0.15) is 0 Å². The number of carbonyl (C=O) groups excluding carboxylic acids is 6. The van der Waals surface area contributed by atoms with Gasteiger partial charge in [0.25, 0.3) is 23.6 Å². The van der Waals surface area contributed by atoms with Gasteiger partial charge in [-0.1, -0.05) is 0 Å². The van der Waals surface area contributed by atoms with Crippen LogP contribution in [0.4, 0.5) is 0 Å². The lowest BCUT2D eigenvalue weighted by atomic mass is 10.1. The minimum absolute atomic E-state index is 0.104. The Labute approximate surface area is 222 Å². The topological polar surface area (TPSA) is 127 Å². The van der Waals surface area contributed by atoms with E-state index in [9.17, 15) is 28.8 Å². The van der Waals surface area contributed by atoms with Gasteiger partial charge in [0, 0.05) is 13.1 Å². The molecule has 0 saturated carbocycles. The molecule has 0 N–H and O–H groups in total. The van der Waals surface area contributed by atoms with E-state index in [0.29, 0.717) is 5.56 Å². The van der Waals surface area contributed by atoms with Crippen LogP contribution in [0.3, 0.4) is 0 Å². The molecule has 0 saturated heterocycles. The van der Waals surface area contributed by atoms with E-state index in [0.717, 1.165) is 9.80 Å². The Morgan fingerprint density at radius 2 is 1.08 bits per heavy atom. The van der Waals surface area contributed by atoms with Crippen molar-refractivity contribution in [2.24, 2.45) is 0 Å². The van der Waals surface area contributed by atoms with Gasteiger partial charge in [0.05, 0.1) is 33.4 Å². The molecule has 0 bridgehead atoms. The maximum absolute atomic E-state index is 12.8. The number of aryl methyl sites for hydroxylation is 1. The molecule has 0 unspecified atom stereocenters. The van der Waals surface area contributed by atoms with Crippen molar-refractivity contribution in [3.8, 4) is 11.5 Å². The number of fused-ring (bicyclic) bond motifs is 2. The van der Waals surface area contributed by atoms with Crippen LogP contribution >= 0.6 is 0 Å². The van der Waals surface area contributed by atoms with Crippen LogP contribution < -0.4 is 9.47 Å². The van der Waals surface area contributed by atoms with Crippen molar-refractivity contribution in [3.05, 3.63) is 93.5 Å². The maximum atomic E-state index is 12.8. The third kappa shape index (κ3) is 4.25. The van der Waals surface area contributed by atoms with E-state index in [2.05, 4.69) is 0 Å². The monoisotopic (exact) mass is 526 g/mol. The van der Waals surface area contributed by atoms with E-state index in [4.69, 9.17) is 9.47 Å². The quantitative estimate of drug-likeness (QED) is 0.271. The molecule has 0 radical (unpaired) electrons. The lowest BCUT2D eigenvalue weighted by molar-refractivity contribution is 0.0647. The van der Waals surface area contributed by atoms with Crippen LogP contribution in [-0.4, -0.2) is 58.5 Å². The number of benzene rings is 3. The predicted octanol–water partition coefficient (Wildman–Crippen LogP) is 3.67. The standard InChI is InChI=1S/C29H22N2O8/c1-4-30-24(32)19-9-6-16(13-21(19)26(30)34)28(36)38-18-8-11-23(15(3)12-18)39-29(37)17-7-10-20-22(14-17)27(35)31(5-2)25(20)33/h6-14H,4-5H2,1-3H3. The summed E-state index contributed by atoms with van der Waals surface area (Å²) in [6.07, 6.45) is 0. The molecule has 3 aromatic carbocycles. The molecule has 0 aliphatic carbocycles. The lowest BCUT2D eigenvalue weighted by Gasteiger charge is -2.10. The fourth-order valence-electron chi connectivity index (χ4n) is 4.53. The fourth-order valence-corrected chi connectivity index (χ4v) is 4.53. The zero-order valence-corrected chi connectivity index (χ0v) is 21.3. The summed E-state index contributed by atoms with van der Waals surface area (Å²) in [5, 5.41) is 0. The van der Waals surface area contributed by atoms with Gasteiger partial charge in [-0.25, -0.2) is 9.59 Å². The van der Waals surface area contributed by atoms with Crippen LogP contribution in [0.25, 0.3) is 0 Å². The fraction of sp³-hybridized carbons (Fsp3) is 0.172. The van der Waals surface area contributed by atoms with Crippen LogP contribution in [0.15, 0.2) is 54.6 Å². The van der Waals surface area contributed by atoms with E-state index in [-0.39, 0.29) is 58.0 Å². The Bertz CT molecular complexity index is 1620. The molecule has 2 aliphatic rings. The normalized spacial score (nSPS) is 14.0. The number of hydrogen-bond donors (Lipinski definition) is 0. The smallest absolute Gasteiger partial charge is 0.343 e. The van der Waals surface area contributed by atoms with Gasteiger partial charge in [-0.05, 0) is 80.9 Å². The van der Waals surface area contributed by atoms with E-state index in [1.54, 1.807) is 20.8 Å². The molecule has 39 heavy (non-hydrogen) atoms. The Kier molecular flexibility index (Phi) is 6.31. The van der Waals surface area contributed by atoms with Crippen molar-refractivity contribution in [2.45, 2.75) is 20.8 Å². The summed E-state index contributed by atoms with van der Waals surface area (Å²) in [7, 11) is 0. The minimum atomic E-state index is -0.726. The number of ether oxygens (including phenoxy) is 2. The molecule has 0 aromatic heterocycles. The first-order chi connectivity index (χ1) is 18.6. The zero-order valence-electron chi connectivity index (χ0n) is 21.3. The average molecular weight is 527 g/mol. The maximum Gasteiger partial charge on any atom is 0.343 e. The van der Waals surface area contributed by atoms with Crippen LogP contribution in [0.2, 0.25) is 0 Å². The molecule has 10 nitrogen and oxygen atoms in total. The highest BCUT2D eigenvalue weighted by Crippen LogP contribution is 2.28. The van der Waals surface area contributed by atoms with Gasteiger partial charge in [0.15, 0.2) is 0 Å². The first kappa shape index (κ1) is 25.5. The molecule has 4 amide bonds. The van der Waals surface area contributed by atoms with Crippen molar-refractivity contribution < 1.29 is 38.2 Å². The summed E-state index contributed by atoms with van der Waals surface area (Å²) in [6.45, 7) is 5.49. The summed E-state index contributed by atoms with van der Waals surface area (Å²) in [5.74, 6) is -2.79. The Balaban J connectivity index is 1.29. The average Bonchev–Trinajstić information content (AvgIpc) is 3.32. The minimum Gasteiger partial charge on any atom is -0.423 e. The van der Waals surface area contributed by atoms with Gasteiger partial charge in [0.2, 0.25) is 0 Å². The first-order valence-corrected chi connectivity index (χ1v) is 12.2. The van der Waals surface area contributed by atoms with Gasteiger partial charge >= 0.3 is 11.9 Å². The van der Waals surface area contributed by atoms with Gasteiger partial charge in [0.1, 0.15) is 11.5 Å². The number of carbonyl (C=O) groups is 6. The lowest BCUT2D eigenvalue weighted by Crippen LogP contribution is -2.29. The molecule has 10 heteroatoms. The molecule has 2 aliphatic heterocycles. The second-order valence-corrected chi connectivity index (χ2v) is 8.94. The molecular weight excluding hydrogens is 504 g/mol. The number of hydrogen-bond acceptors (Lipinski definition) is 8. The molecule has 196 valence electrons. The molecule has 0 atom stereocenters. The highest BCUT2D eigenvalue weighted by Gasteiger charge is 2.36. The molecule has 0 fully saturated rings. The second kappa shape index (κ2) is 9.64. The van der Waals surface area contributed by atoms with Crippen LogP contribution in [-0.2, 0) is 0 Å². The van der Waals surface area contributed by atoms with E-state index in [1.807, 2.05) is 0 Å². The molecule has 2 heterocycles. The van der Waals surface area contributed by atoms with Gasteiger partial charge in [-0.3, -0.25) is 29.0 Å². The number of nitrogens with zero attached hydrogens (tertiary/aromatic N) is 2. The third-order valence-corrected chi connectivity index (χ3v) is 6.60. The number of esters is 2. The van der Waals surface area contributed by atoms with Crippen molar-refractivity contribution >= 4 is 35.6 Å². The van der Waals surface area contributed by atoms with Crippen molar-refractivity contribution in [2.75, 3.05) is 13.1 Å². The first-order valence-electron chi connectivity index (χ1n) is 12.2. The highest BCUT2D eigenvalue weighted by atomic mass is 16.5. The molecule has 5 rings (SSSR count). The van der Waals surface area contributed by atoms with Crippen molar-refractivity contribution in [1.29, 1.82) is 0 Å². The summed E-state index contributed by atoms with van der Waals surface area (Å²) in [6, 6.07) is 12.8. The van der Waals surface area contributed by atoms with E-state index < -0.39 is 35.6 Å². The number of rotatable bonds is 6. The second-order valence-electron chi connectivity index (χ2n) is 8.94. The van der Waals surface area contributed by atoms with Crippen LogP contribution in [0.1, 0.15) is 81.6 Å². The van der Waals surface area contributed by atoms with Gasteiger partial charge < -0.3 is 9.47 Å². The SMILES string of the molecule is CCN1C(=O)c2ccc(C(=O)Oc3ccc(OC(=O)c4ccc5c(c4)C(=O)N(CC)C5=O)c(C)c3)cc2C1=O. The van der Waals surface area contributed by atoms with Gasteiger partial charge in [-0.15, -0.1) is 0 Å².